The average molecular weight is 591 g/mol. The highest BCUT2D eigenvalue weighted by atomic mass is 35.5. The Hall–Kier alpha value is -3.32. The van der Waals surface area contributed by atoms with Gasteiger partial charge >= 0.3 is 6.18 Å². The molecule has 8 nitrogen and oxygen atoms in total. The lowest BCUT2D eigenvalue weighted by molar-refractivity contribution is -0.137. The third-order valence-corrected chi connectivity index (χ3v) is 6.78. The zero-order valence-corrected chi connectivity index (χ0v) is 21.8. The number of nitrogens with zero attached hydrogens (tertiary/aromatic N) is 1. The third-order valence-electron chi connectivity index (χ3n) is 4.66. The zero-order valence-electron chi connectivity index (χ0n) is 19.5. The van der Waals surface area contributed by atoms with Crippen LogP contribution in [0.2, 0.25) is 10.0 Å². The molecule has 0 bridgehead atoms. The van der Waals surface area contributed by atoms with Crippen LogP contribution in [-0.2, 0) is 25.7 Å². The highest BCUT2D eigenvalue weighted by molar-refractivity contribution is 7.90. The fraction of sp³-hybridized carbons (Fsp3) is 0.167. The van der Waals surface area contributed by atoms with E-state index in [1.54, 1.807) is 0 Å². The van der Waals surface area contributed by atoms with E-state index in [9.17, 15) is 26.4 Å². The van der Waals surface area contributed by atoms with Gasteiger partial charge in [0.2, 0.25) is 5.88 Å². The van der Waals surface area contributed by atoms with Crippen LogP contribution in [0.5, 0.6) is 17.4 Å². The molecule has 3 aromatic rings. The van der Waals surface area contributed by atoms with Crippen LogP contribution in [-0.4, -0.2) is 39.6 Å². The number of amides is 1. The SMILES string of the molecule is COCCOc1ccc(C=CC(=O)NS(=O)(=O)c2ccccc2Cl)c(Oc2ncc(C(F)(F)F)cc2Cl)c1. The van der Waals surface area contributed by atoms with Gasteiger partial charge in [0, 0.05) is 31.0 Å². The van der Waals surface area contributed by atoms with Gasteiger partial charge in [0.1, 0.15) is 28.0 Å². The van der Waals surface area contributed by atoms with Crippen molar-refractivity contribution in [3.05, 3.63) is 82.0 Å². The largest absolute Gasteiger partial charge is 0.491 e. The summed E-state index contributed by atoms with van der Waals surface area (Å²) in [5.74, 6) is -1.02. The molecule has 1 N–H and O–H groups in total. The molecule has 1 aromatic heterocycles. The van der Waals surface area contributed by atoms with Crippen LogP contribution in [0.4, 0.5) is 13.2 Å². The first-order valence-electron chi connectivity index (χ1n) is 10.6. The Morgan fingerprint density at radius 3 is 2.47 bits per heavy atom. The Bertz CT molecular complexity index is 1450. The van der Waals surface area contributed by atoms with Crippen molar-refractivity contribution in [2.24, 2.45) is 0 Å². The molecule has 38 heavy (non-hydrogen) atoms. The molecule has 0 aliphatic carbocycles. The van der Waals surface area contributed by atoms with Gasteiger partial charge in [-0.2, -0.15) is 13.2 Å². The van der Waals surface area contributed by atoms with E-state index < -0.39 is 32.7 Å². The van der Waals surface area contributed by atoms with Crippen molar-refractivity contribution in [3.8, 4) is 17.4 Å². The third kappa shape index (κ3) is 7.84. The van der Waals surface area contributed by atoms with Crippen molar-refractivity contribution in [1.82, 2.24) is 9.71 Å². The maximum Gasteiger partial charge on any atom is 0.417 e. The van der Waals surface area contributed by atoms with Crippen LogP contribution >= 0.6 is 23.2 Å². The Morgan fingerprint density at radius 1 is 1.08 bits per heavy atom. The molecule has 0 saturated carbocycles. The minimum atomic E-state index is -4.66. The minimum Gasteiger partial charge on any atom is -0.491 e. The van der Waals surface area contributed by atoms with Crippen LogP contribution in [0.25, 0.3) is 6.08 Å². The number of aromatic nitrogens is 1. The quantitative estimate of drug-likeness (QED) is 0.237. The number of hydrogen-bond donors (Lipinski definition) is 1. The number of sulfonamides is 1. The summed E-state index contributed by atoms with van der Waals surface area (Å²) in [5, 5.41) is -0.485. The van der Waals surface area contributed by atoms with Crippen molar-refractivity contribution < 1.29 is 40.6 Å². The molecular weight excluding hydrogens is 572 g/mol. The van der Waals surface area contributed by atoms with Crippen molar-refractivity contribution in [1.29, 1.82) is 0 Å². The van der Waals surface area contributed by atoms with Crippen LogP contribution in [0.1, 0.15) is 11.1 Å². The maximum absolute atomic E-state index is 13.0. The second kappa shape index (κ2) is 12.5. The predicted molar refractivity (Wildman–Crippen MR) is 134 cm³/mol. The van der Waals surface area contributed by atoms with Gasteiger partial charge in [-0.15, -0.1) is 0 Å². The van der Waals surface area contributed by atoms with Gasteiger partial charge in [-0.1, -0.05) is 35.3 Å². The van der Waals surface area contributed by atoms with E-state index in [4.69, 9.17) is 37.4 Å². The number of benzene rings is 2. The number of hydrogen-bond acceptors (Lipinski definition) is 7. The number of carbonyl (C=O) groups excluding carboxylic acids is 1. The summed E-state index contributed by atoms with van der Waals surface area (Å²) in [7, 11) is -2.77. The fourth-order valence-corrected chi connectivity index (χ4v) is 4.55. The number of pyridine rings is 1. The van der Waals surface area contributed by atoms with Gasteiger partial charge in [-0.05, 0) is 36.4 Å². The van der Waals surface area contributed by atoms with E-state index in [0.717, 1.165) is 6.08 Å². The summed E-state index contributed by atoms with van der Waals surface area (Å²) in [6.45, 7) is 0.469. The normalized spacial score (nSPS) is 11.9. The van der Waals surface area contributed by atoms with E-state index in [-0.39, 0.29) is 40.3 Å². The standard InChI is InChI=1S/C24H19Cl2F3N2O6S/c1-35-10-11-36-17-8-6-15(7-9-22(32)31-38(33,34)21-5-3-2-4-18(21)25)20(13-17)37-23-19(26)12-16(14-30-23)24(27,28)29/h2-9,12-14H,10-11H2,1H3,(H,31,32). The van der Waals surface area contributed by atoms with Gasteiger partial charge in [-0.25, -0.2) is 18.1 Å². The molecule has 0 aliphatic rings. The van der Waals surface area contributed by atoms with Crippen LogP contribution in [0.3, 0.4) is 0 Å². The van der Waals surface area contributed by atoms with E-state index in [1.165, 1.54) is 55.7 Å². The lowest BCUT2D eigenvalue weighted by Crippen LogP contribution is -2.29. The Balaban J connectivity index is 1.88. The van der Waals surface area contributed by atoms with Gasteiger partial charge in [-0.3, -0.25) is 4.79 Å². The molecule has 1 heterocycles. The fourth-order valence-electron chi connectivity index (χ4n) is 2.88. The summed E-state index contributed by atoms with van der Waals surface area (Å²) in [6.07, 6.45) is -1.95. The molecule has 0 saturated heterocycles. The lowest BCUT2D eigenvalue weighted by atomic mass is 10.1. The molecule has 0 unspecified atom stereocenters. The molecule has 0 spiro atoms. The summed E-state index contributed by atoms with van der Waals surface area (Å²) in [5.41, 5.74) is -0.838. The summed E-state index contributed by atoms with van der Waals surface area (Å²) < 4.78 is 81.8. The Kier molecular flexibility index (Phi) is 9.60. The van der Waals surface area contributed by atoms with Gasteiger partial charge in [0.25, 0.3) is 15.9 Å². The molecule has 202 valence electrons. The molecule has 0 fully saturated rings. The van der Waals surface area contributed by atoms with Crippen molar-refractivity contribution in [2.75, 3.05) is 20.3 Å². The number of methoxy groups -OCH3 is 1. The topological polar surface area (TPSA) is 104 Å². The van der Waals surface area contributed by atoms with Gasteiger partial charge in [0.15, 0.2) is 0 Å². The number of alkyl halides is 3. The summed E-state index contributed by atoms with van der Waals surface area (Å²) >= 11 is 11.9. The second-order valence-corrected chi connectivity index (χ2v) is 9.85. The predicted octanol–water partition coefficient (Wildman–Crippen LogP) is 5.74. The molecule has 14 heteroatoms. The van der Waals surface area contributed by atoms with Crippen LogP contribution < -0.4 is 14.2 Å². The van der Waals surface area contributed by atoms with E-state index in [1.807, 2.05) is 4.72 Å². The van der Waals surface area contributed by atoms with E-state index >= 15 is 0 Å². The molecule has 0 radical (unpaired) electrons. The molecule has 1 amide bonds. The zero-order chi connectivity index (χ0) is 27.9. The van der Waals surface area contributed by atoms with Crippen molar-refractivity contribution >= 4 is 45.2 Å². The Labute approximate surface area is 226 Å². The van der Waals surface area contributed by atoms with Crippen LogP contribution in [0, 0.1) is 0 Å². The van der Waals surface area contributed by atoms with Crippen molar-refractivity contribution in [2.45, 2.75) is 11.1 Å². The molecule has 0 atom stereocenters. The number of ether oxygens (including phenoxy) is 3. The highest BCUT2D eigenvalue weighted by Crippen LogP contribution is 2.36. The summed E-state index contributed by atoms with van der Waals surface area (Å²) in [4.78, 5) is 15.7. The Morgan fingerprint density at radius 2 is 1.82 bits per heavy atom. The smallest absolute Gasteiger partial charge is 0.417 e. The van der Waals surface area contributed by atoms with Crippen LogP contribution in [0.15, 0.2) is 65.7 Å². The molecular formula is C24H19Cl2F3N2O6S. The maximum atomic E-state index is 13.0. The monoisotopic (exact) mass is 590 g/mol. The van der Waals surface area contributed by atoms with Crippen molar-refractivity contribution in [3.63, 3.8) is 0 Å². The molecule has 2 aromatic carbocycles. The summed E-state index contributed by atoms with van der Waals surface area (Å²) in [6, 6.07) is 10.6. The average Bonchev–Trinajstić information content (AvgIpc) is 2.84. The minimum absolute atomic E-state index is 0.00656. The lowest BCUT2D eigenvalue weighted by Gasteiger charge is -2.13. The number of halogens is 5. The highest BCUT2D eigenvalue weighted by Gasteiger charge is 2.32. The number of rotatable bonds is 10. The molecule has 0 aliphatic heterocycles. The number of nitrogens with one attached hydrogen (secondary N) is 1. The first-order valence-corrected chi connectivity index (χ1v) is 12.8. The van der Waals surface area contributed by atoms with E-state index in [0.29, 0.717) is 18.0 Å². The second-order valence-electron chi connectivity index (χ2n) is 7.39. The first kappa shape index (κ1) is 29.2. The van der Waals surface area contributed by atoms with Gasteiger partial charge < -0.3 is 14.2 Å². The van der Waals surface area contributed by atoms with Gasteiger partial charge in [0.05, 0.1) is 17.2 Å². The van der Waals surface area contributed by atoms with E-state index in [2.05, 4.69) is 4.98 Å². The molecule has 3 rings (SSSR count). The first-order chi connectivity index (χ1) is 17.9. The number of carbonyl (C=O) groups is 1.